The number of carbonyl (C=O) groups is 2. The number of ketones is 1. The van der Waals surface area contributed by atoms with Crippen LogP contribution in [0.1, 0.15) is 24.2 Å². The van der Waals surface area contributed by atoms with Crippen molar-refractivity contribution in [3.8, 4) is 5.75 Å². The average molecular weight is 257 g/mol. The van der Waals surface area contributed by atoms with Crippen molar-refractivity contribution >= 4 is 27.7 Å². The minimum atomic E-state index is -0.405. The Morgan fingerprint density at radius 2 is 1.86 bits per heavy atom. The maximum absolute atomic E-state index is 11.1. The summed E-state index contributed by atoms with van der Waals surface area (Å²) in [5.74, 6) is -0.102. The fourth-order valence-corrected chi connectivity index (χ4v) is 1.46. The lowest BCUT2D eigenvalue weighted by Gasteiger charge is -2.03. The molecule has 0 spiro atoms. The maximum Gasteiger partial charge on any atom is 0.308 e. The smallest absolute Gasteiger partial charge is 0.308 e. The molecular weight excluding hydrogens is 248 g/mol. The summed E-state index contributed by atoms with van der Waals surface area (Å²) in [5, 5.41) is 0. The van der Waals surface area contributed by atoms with Gasteiger partial charge in [-0.05, 0) is 25.1 Å². The molecule has 0 aromatic heterocycles. The summed E-state index contributed by atoms with van der Waals surface area (Å²) in [6.45, 7) is 2.77. The first-order chi connectivity index (χ1) is 6.49. The van der Waals surface area contributed by atoms with Crippen LogP contribution < -0.4 is 4.74 Å². The SMILES string of the molecule is CC(=O)Oc1cc(Br)cc(C(C)=O)c1. The predicted octanol–water partition coefficient (Wildman–Crippen LogP) is 2.58. The number of ether oxygens (including phenoxy) is 1. The molecule has 14 heavy (non-hydrogen) atoms. The van der Waals surface area contributed by atoms with Crippen LogP contribution in [0.15, 0.2) is 22.7 Å². The molecule has 0 amide bonds. The van der Waals surface area contributed by atoms with Gasteiger partial charge in [-0.15, -0.1) is 0 Å². The van der Waals surface area contributed by atoms with Gasteiger partial charge in [-0.25, -0.2) is 0 Å². The number of rotatable bonds is 2. The van der Waals surface area contributed by atoms with E-state index in [9.17, 15) is 9.59 Å². The van der Waals surface area contributed by atoms with Gasteiger partial charge in [0.05, 0.1) is 0 Å². The van der Waals surface area contributed by atoms with Crippen molar-refractivity contribution in [1.29, 1.82) is 0 Å². The highest BCUT2D eigenvalue weighted by molar-refractivity contribution is 9.10. The van der Waals surface area contributed by atoms with Crippen LogP contribution in [0.4, 0.5) is 0 Å². The molecule has 0 fully saturated rings. The molecule has 4 heteroatoms. The molecular formula is C10H9BrO3. The monoisotopic (exact) mass is 256 g/mol. The zero-order chi connectivity index (χ0) is 10.7. The standard InChI is InChI=1S/C10H9BrO3/c1-6(12)8-3-9(11)5-10(4-8)14-7(2)13/h3-5H,1-2H3. The minimum absolute atomic E-state index is 0.0697. The van der Waals surface area contributed by atoms with Gasteiger partial charge in [0.2, 0.25) is 0 Å². The van der Waals surface area contributed by atoms with E-state index in [4.69, 9.17) is 4.74 Å². The number of benzene rings is 1. The van der Waals surface area contributed by atoms with Crippen LogP contribution in [-0.4, -0.2) is 11.8 Å². The van der Waals surface area contributed by atoms with Crippen LogP contribution in [-0.2, 0) is 4.79 Å². The molecule has 1 aromatic rings. The van der Waals surface area contributed by atoms with E-state index in [-0.39, 0.29) is 5.78 Å². The van der Waals surface area contributed by atoms with Gasteiger partial charge in [-0.3, -0.25) is 9.59 Å². The second-order valence-electron chi connectivity index (χ2n) is 2.83. The highest BCUT2D eigenvalue weighted by Crippen LogP contribution is 2.21. The van der Waals surface area contributed by atoms with Gasteiger partial charge in [0.15, 0.2) is 5.78 Å². The Bertz CT molecular complexity index is 385. The number of halogens is 1. The Hall–Kier alpha value is -1.16. The van der Waals surface area contributed by atoms with Crippen LogP contribution in [0.2, 0.25) is 0 Å². The Balaban J connectivity index is 3.07. The molecule has 0 saturated carbocycles. The second kappa shape index (κ2) is 4.37. The van der Waals surface area contributed by atoms with E-state index in [1.54, 1.807) is 12.1 Å². The van der Waals surface area contributed by atoms with Crippen molar-refractivity contribution in [2.45, 2.75) is 13.8 Å². The minimum Gasteiger partial charge on any atom is -0.427 e. The van der Waals surface area contributed by atoms with E-state index in [2.05, 4.69) is 15.9 Å². The third-order valence-electron chi connectivity index (χ3n) is 1.54. The van der Waals surface area contributed by atoms with Crippen molar-refractivity contribution in [3.05, 3.63) is 28.2 Å². The summed E-state index contributed by atoms with van der Waals surface area (Å²) in [6, 6.07) is 4.84. The zero-order valence-corrected chi connectivity index (χ0v) is 9.42. The third kappa shape index (κ3) is 2.96. The normalized spacial score (nSPS) is 9.64. The van der Waals surface area contributed by atoms with E-state index in [1.165, 1.54) is 19.9 Å². The van der Waals surface area contributed by atoms with Crippen LogP contribution in [0.25, 0.3) is 0 Å². The topological polar surface area (TPSA) is 43.4 Å². The molecule has 0 atom stereocenters. The van der Waals surface area contributed by atoms with Crippen molar-refractivity contribution in [2.24, 2.45) is 0 Å². The molecule has 0 aliphatic heterocycles. The molecule has 0 saturated heterocycles. The van der Waals surface area contributed by atoms with E-state index in [0.717, 1.165) is 0 Å². The Kier molecular flexibility index (Phi) is 3.41. The zero-order valence-electron chi connectivity index (χ0n) is 7.83. The molecule has 0 aliphatic rings. The summed E-state index contributed by atoms with van der Waals surface area (Å²) in [4.78, 5) is 21.8. The van der Waals surface area contributed by atoms with Crippen molar-refractivity contribution in [3.63, 3.8) is 0 Å². The second-order valence-corrected chi connectivity index (χ2v) is 3.74. The lowest BCUT2D eigenvalue weighted by molar-refractivity contribution is -0.131. The number of carbonyl (C=O) groups excluding carboxylic acids is 2. The molecule has 0 radical (unpaired) electrons. The molecule has 0 N–H and O–H groups in total. The number of hydrogen-bond acceptors (Lipinski definition) is 3. The number of Topliss-reactive ketones (excluding diaryl/α,β-unsaturated/α-hetero) is 1. The van der Waals surface area contributed by atoms with Crippen LogP contribution in [0, 0.1) is 0 Å². The van der Waals surface area contributed by atoms with Crippen molar-refractivity contribution in [1.82, 2.24) is 0 Å². The lowest BCUT2D eigenvalue weighted by atomic mass is 10.1. The first-order valence-corrected chi connectivity index (χ1v) is 4.78. The summed E-state index contributed by atoms with van der Waals surface area (Å²) in [5.41, 5.74) is 0.510. The van der Waals surface area contributed by atoms with E-state index >= 15 is 0 Å². The van der Waals surface area contributed by atoms with Crippen LogP contribution in [0.3, 0.4) is 0 Å². The molecule has 1 rings (SSSR count). The number of hydrogen-bond donors (Lipinski definition) is 0. The Labute approximate surface area is 90.2 Å². The van der Waals surface area contributed by atoms with Crippen molar-refractivity contribution < 1.29 is 14.3 Å². The summed E-state index contributed by atoms with van der Waals surface area (Å²) < 4.78 is 5.57. The predicted molar refractivity (Wildman–Crippen MR) is 55.5 cm³/mol. The largest absolute Gasteiger partial charge is 0.427 e. The Morgan fingerprint density at radius 1 is 1.21 bits per heavy atom. The molecule has 0 unspecified atom stereocenters. The van der Waals surface area contributed by atoms with E-state index < -0.39 is 5.97 Å². The molecule has 74 valence electrons. The quantitative estimate of drug-likeness (QED) is 0.464. The highest BCUT2D eigenvalue weighted by atomic mass is 79.9. The number of esters is 1. The molecule has 0 heterocycles. The first-order valence-electron chi connectivity index (χ1n) is 3.99. The van der Waals surface area contributed by atoms with Gasteiger partial charge in [0, 0.05) is 17.0 Å². The Morgan fingerprint density at radius 3 is 2.36 bits per heavy atom. The summed E-state index contributed by atoms with van der Waals surface area (Å²) in [7, 11) is 0. The van der Waals surface area contributed by atoms with Crippen LogP contribution in [0.5, 0.6) is 5.75 Å². The van der Waals surface area contributed by atoms with E-state index in [1.807, 2.05) is 0 Å². The maximum atomic E-state index is 11.1. The molecule has 3 nitrogen and oxygen atoms in total. The molecule has 1 aromatic carbocycles. The molecule has 0 aliphatic carbocycles. The third-order valence-corrected chi connectivity index (χ3v) is 2.00. The van der Waals surface area contributed by atoms with Gasteiger partial charge in [-0.2, -0.15) is 0 Å². The van der Waals surface area contributed by atoms with Gasteiger partial charge in [-0.1, -0.05) is 15.9 Å². The summed E-state index contributed by atoms with van der Waals surface area (Å²) >= 11 is 3.23. The van der Waals surface area contributed by atoms with E-state index in [0.29, 0.717) is 15.8 Å². The average Bonchev–Trinajstić information content (AvgIpc) is 2.01. The molecule has 0 bridgehead atoms. The van der Waals surface area contributed by atoms with Crippen LogP contribution >= 0.6 is 15.9 Å². The van der Waals surface area contributed by atoms with Gasteiger partial charge < -0.3 is 4.74 Å². The van der Waals surface area contributed by atoms with Crippen molar-refractivity contribution in [2.75, 3.05) is 0 Å². The van der Waals surface area contributed by atoms with Gasteiger partial charge in [0.1, 0.15) is 5.75 Å². The fraction of sp³-hybridized carbons (Fsp3) is 0.200. The first kappa shape index (κ1) is 10.9. The summed E-state index contributed by atoms with van der Waals surface area (Å²) in [6.07, 6.45) is 0. The van der Waals surface area contributed by atoms with Gasteiger partial charge in [0.25, 0.3) is 0 Å². The fourth-order valence-electron chi connectivity index (χ4n) is 0.991. The van der Waals surface area contributed by atoms with Gasteiger partial charge >= 0.3 is 5.97 Å². The highest BCUT2D eigenvalue weighted by Gasteiger charge is 2.05. The lowest BCUT2D eigenvalue weighted by Crippen LogP contribution is -2.02.